The number of thiol groups is 1. The second-order valence-corrected chi connectivity index (χ2v) is 6.19. The van der Waals surface area contributed by atoms with Crippen LogP contribution in [0.5, 0.6) is 0 Å². The monoisotopic (exact) mass is 333 g/mol. The standard InChI is InChI=1S/C12H16BrNOS2/c1-8(7-17-3)14(2)12(15)10-5-4-9(13)6-11(10)16/h4-6,8,16H,7H2,1-3H3. The Kier molecular flexibility index (Phi) is 5.89. The van der Waals surface area contributed by atoms with Gasteiger partial charge in [0.1, 0.15) is 0 Å². The van der Waals surface area contributed by atoms with Crippen LogP contribution in [0, 0.1) is 0 Å². The van der Waals surface area contributed by atoms with Crippen LogP contribution in [0.1, 0.15) is 17.3 Å². The third-order valence-electron chi connectivity index (χ3n) is 2.58. The molecule has 94 valence electrons. The number of hydrogen-bond donors (Lipinski definition) is 1. The van der Waals surface area contributed by atoms with E-state index in [-0.39, 0.29) is 11.9 Å². The number of rotatable bonds is 4. The average Bonchev–Trinajstić information content (AvgIpc) is 2.27. The van der Waals surface area contributed by atoms with Gasteiger partial charge in [0.15, 0.2) is 0 Å². The predicted octanol–water partition coefficient (Wildman–Crippen LogP) is 3.56. The maximum Gasteiger partial charge on any atom is 0.254 e. The van der Waals surface area contributed by atoms with Gasteiger partial charge in [0.05, 0.1) is 5.56 Å². The van der Waals surface area contributed by atoms with Crippen LogP contribution in [-0.2, 0) is 0 Å². The molecule has 1 atom stereocenters. The zero-order chi connectivity index (χ0) is 13.0. The fraction of sp³-hybridized carbons (Fsp3) is 0.417. The molecule has 0 aliphatic rings. The highest BCUT2D eigenvalue weighted by Crippen LogP contribution is 2.21. The highest BCUT2D eigenvalue weighted by atomic mass is 79.9. The summed E-state index contributed by atoms with van der Waals surface area (Å²) in [6, 6.07) is 5.72. The summed E-state index contributed by atoms with van der Waals surface area (Å²) < 4.78 is 0.930. The van der Waals surface area contributed by atoms with Crippen LogP contribution in [0.15, 0.2) is 27.6 Å². The van der Waals surface area contributed by atoms with Crippen LogP contribution < -0.4 is 0 Å². The van der Waals surface area contributed by atoms with Gasteiger partial charge in [0, 0.05) is 28.2 Å². The zero-order valence-corrected chi connectivity index (χ0v) is 13.4. The van der Waals surface area contributed by atoms with Crippen LogP contribution in [0.4, 0.5) is 0 Å². The molecule has 1 amide bonds. The van der Waals surface area contributed by atoms with Gasteiger partial charge in [-0.1, -0.05) is 15.9 Å². The third-order valence-corrected chi connectivity index (χ3v) is 4.26. The Morgan fingerprint density at radius 1 is 1.59 bits per heavy atom. The van der Waals surface area contributed by atoms with E-state index in [0.717, 1.165) is 10.2 Å². The molecule has 2 nitrogen and oxygen atoms in total. The molecule has 0 fully saturated rings. The summed E-state index contributed by atoms with van der Waals surface area (Å²) in [4.78, 5) is 14.7. The van der Waals surface area contributed by atoms with Gasteiger partial charge in [-0.15, -0.1) is 12.6 Å². The van der Waals surface area contributed by atoms with Crippen molar-refractivity contribution in [1.29, 1.82) is 0 Å². The summed E-state index contributed by atoms with van der Waals surface area (Å²) in [5.41, 5.74) is 0.645. The summed E-state index contributed by atoms with van der Waals surface area (Å²) in [5, 5.41) is 0. The number of benzene rings is 1. The maximum atomic E-state index is 12.2. The van der Waals surface area contributed by atoms with E-state index in [1.54, 1.807) is 22.7 Å². The molecular formula is C12H16BrNOS2. The van der Waals surface area contributed by atoms with Crippen molar-refractivity contribution in [2.75, 3.05) is 19.1 Å². The normalized spacial score (nSPS) is 12.3. The number of hydrogen-bond acceptors (Lipinski definition) is 3. The summed E-state index contributed by atoms with van der Waals surface area (Å²) in [7, 11) is 1.83. The van der Waals surface area contributed by atoms with E-state index in [9.17, 15) is 4.79 Å². The molecule has 0 spiro atoms. The average molecular weight is 334 g/mol. The van der Waals surface area contributed by atoms with Gasteiger partial charge in [-0.25, -0.2) is 0 Å². The molecule has 0 aliphatic carbocycles. The van der Waals surface area contributed by atoms with Crippen molar-refractivity contribution in [3.8, 4) is 0 Å². The summed E-state index contributed by atoms with van der Waals surface area (Å²) in [5.74, 6) is 0.949. The molecule has 17 heavy (non-hydrogen) atoms. The molecule has 0 aliphatic heterocycles. The van der Waals surface area contributed by atoms with E-state index in [0.29, 0.717) is 10.5 Å². The lowest BCUT2D eigenvalue weighted by Gasteiger charge is -2.25. The molecule has 1 aromatic rings. The fourth-order valence-electron chi connectivity index (χ4n) is 1.43. The van der Waals surface area contributed by atoms with Gasteiger partial charge in [-0.3, -0.25) is 4.79 Å². The Bertz CT molecular complexity index is 411. The van der Waals surface area contributed by atoms with E-state index in [2.05, 4.69) is 28.6 Å². The molecule has 0 bridgehead atoms. The minimum Gasteiger partial charge on any atom is -0.338 e. The van der Waals surface area contributed by atoms with Crippen molar-refractivity contribution in [3.63, 3.8) is 0 Å². The molecule has 0 saturated heterocycles. The van der Waals surface area contributed by atoms with Gasteiger partial charge < -0.3 is 4.90 Å². The van der Waals surface area contributed by atoms with Crippen LogP contribution in [0.2, 0.25) is 0 Å². The van der Waals surface area contributed by atoms with Crippen LogP contribution in [0.25, 0.3) is 0 Å². The van der Waals surface area contributed by atoms with Crippen molar-refractivity contribution < 1.29 is 4.79 Å². The van der Waals surface area contributed by atoms with Gasteiger partial charge in [0.25, 0.3) is 5.91 Å². The minimum atomic E-state index is 0.0176. The number of amides is 1. The molecular weight excluding hydrogens is 318 g/mol. The molecule has 0 N–H and O–H groups in total. The molecule has 1 rings (SSSR count). The van der Waals surface area contributed by atoms with E-state index < -0.39 is 0 Å². The maximum absolute atomic E-state index is 12.2. The van der Waals surface area contributed by atoms with Gasteiger partial charge in [-0.2, -0.15) is 11.8 Å². The van der Waals surface area contributed by atoms with Crippen molar-refractivity contribution in [2.24, 2.45) is 0 Å². The van der Waals surface area contributed by atoms with Gasteiger partial charge in [0.2, 0.25) is 0 Å². The molecule has 0 heterocycles. The topological polar surface area (TPSA) is 20.3 Å². The van der Waals surface area contributed by atoms with Crippen LogP contribution >= 0.6 is 40.3 Å². The van der Waals surface area contributed by atoms with Gasteiger partial charge >= 0.3 is 0 Å². The molecule has 1 unspecified atom stereocenters. The summed E-state index contributed by atoms with van der Waals surface area (Å²) >= 11 is 9.44. The van der Waals surface area contributed by atoms with E-state index >= 15 is 0 Å². The Balaban J connectivity index is 2.88. The second-order valence-electron chi connectivity index (χ2n) is 3.88. The van der Waals surface area contributed by atoms with E-state index in [4.69, 9.17) is 0 Å². The lowest BCUT2D eigenvalue weighted by Crippen LogP contribution is -2.36. The lowest BCUT2D eigenvalue weighted by atomic mass is 10.2. The largest absolute Gasteiger partial charge is 0.338 e. The highest BCUT2D eigenvalue weighted by Gasteiger charge is 2.18. The molecule has 5 heteroatoms. The Labute approximate surface area is 121 Å². The number of carbonyl (C=O) groups is 1. The summed E-state index contributed by atoms with van der Waals surface area (Å²) in [6.45, 7) is 2.05. The van der Waals surface area contributed by atoms with Crippen molar-refractivity contribution in [3.05, 3.63) is 28.2 Å². The minimum absolute atomic E-state index is 0.0176. The van der Waals surface area contributed by atoms with Crippen LogP contribution in [0.3, 0.4) is 0 Å². The van der Waals surface area contributed by atoms with Crippen molar-refractivity contribution >= 4 is 46.2 Å². The molecule has 0 radical (unpaired) electrons. The molecule has 1 aromatic carbocycles. The number of nitrogens with zero attached hydrogens (tertiary/aromatic N) is 1. The highest BCUT2D eigenvalue weighted by molar-refractivity contribution is 9.10. The van der Waals surface area contributed by atoms with Crippen molar-refractivity contribution in [2.45, 2.75) is 17.9 Å². The Morgan fingerprint density at radius 3 is 2.76 bits per heavy atom. The van der Waals surface area contributed by atoms with Crippen molar-refractivity contribution in [1.82, 2.24) is 4.90 Å². The quantitative estimate of drug-likeness (QED) is 0.850. The predicted molar refractivity (Wildman–Crippen MR) is 81.3 cm³/mol. The first kappa shape index (κ1) is 14.9. The van der Waals surface area contributed by atoms with E-state index in [1.807, 2.05) is 32.4 Å². The Morgan fingerprint density at radius 2 is 2.24 bits per heavy atom. The second kappa shape index (κ2) is 6.71. The van der Waals surface area contributed by atoms with E-state index in [1.165, 1.54) is 0 Å². The molecule has 0 aromatic heterocycles. The third kappa shape index (κ3) is 3.93. The summed E-state index contributed by atoms with van der Waals surface area (Å²) in [6.07, 6.45) is 2.04. The molecule has 0 saturated carbocycles. The fourth-order valence-corrected chi connectivity index (χ4v) is 2.98. The first-order valence-corrected chi connectivity index (χ1v) is 7.85. The number of halogens is 1. The first-order valence-electron chi connectivity index (χ1n) is 5.22. The SMILES string of the molecule is CSCC(C)N(C)C(=O)c1ccc(Br)cc1S. The smallest absolute Gasteiger partial charge is 0.254 e. The lowest BCUT2D eigenvalue weighted by molar-refractivity contribution is 0.0754. The number of thioether (sulfide) groups is 1. The van der Waals surface area contributed by atoms with Crippen LogP contribution in [-0.4, -0.2) is 35.9 Å². The Hall–Kier alpha value is -0.130. The zero-order valence-electron chi connectivity index (χ0n) is 10.1. The van der Waals surface area contributed by atoms with Gasteiger partial charge in [-0.05, 0) is 31.4 Å². The first-order chi connectivity index (χ1) is 7.97. The number of carbonyl (C=O) groups excluding carboxylic acids is 1.